The van der Waals surface area contributed by atoms with Crippen LogP contribution in [-0.4, -0.2) is 36.7 Å². The molecule has 5 heteroatoms. The lowest BCUT2D eigenvalue weighted by Crippen LogP contribution is -2.46. The van der Waals surface area contributed by atoms with Gasteiger partial charge in [0.05, 0.1) is 12.1 Å². The van der Waals surface area contributed by atoms with Crippen molar-refractivity contribution < 1.29 is 9.53 Å². The number of carbonyl (C=O) groups is 1. The molecule has 2 rings (SSSR count). The highest BCUT2D eigenvalue weighted by molar-refractivity contribution is 5.95. The number of nitrogens with zero attached hydrogens (tertiary/aromatic N) is 1. The lowest BCUT2D eigenvalue weighted by atomic mass is 10.0. The van der Waals surface area contributed by atoms with Gasteiger partial charge in [0.25, 0.3) is 5.91 Å². The first-order chi connectivity index (χ1) is 9.56. The maximum absolute atomic E-state index is 12.4. The monoisotopic (exact) mass is 277 g/mol. The van der Waals surface area contributed by atoms with Crippen LogP contribution < -0.4 is 10.6 Å². The zero-order valence-corrected chi connectivity index (χ0v) is 12.5. The third kappa shape index (κ3) is 3.48. The summed E-state index contributed by atoms with van der Waals surface area (Å²) in [4.78, 5) is 16.9. The van der Waals surface area contributed by atoms with Gasteiger partial charge in [-0.25, -0.2) is 4.98 Å². The van der Waals surface area contributed by atoms with Crippen molar-refractivity contribution in [3.63, 3.8) is 0 Å². The first kappa shape index (κ1) is 14.8. The molecule has 2 N–H and O–H groups in total. The number of hydrogen-bond donors (Lipinski definition) is 2. The topological polar surface area (TPSA) is 63.2 Å². The van der Waals surface area contributed by atoms with Crippen LogP contribution >= 0.6 is 0 Å². The van der Waals surface area contributed by atoms with Gasteiger partial charge < -0.3 is 15.4 Å². The van der Waals surface area contributed by atoms with E-state index in [1.165, 1.54) is 0 Å². The molecule has 1 aromatic heterocycles. The highest BCUT2D eigenvalue weighted by Gasteiger charge is 2.31. The molecule has 0 aromatic carbocycles. The van der Waals surface area contributed by atoms with Gasteiger partial charge in [-0.3, -0.25) is 4.79 Å². The minimum absolute atomic E-state index is 0.0609. The molecular weight excluding hydrogens is 254 g/mol. The van der Waals surface area contributed by atoms with Crippen LogP contribution in [0.4, 0.5) is 5.82 Å². The number of aryl methyl sites for hydroxylation is 1. The molecule has 1 saturated heterocycles. The number of aromatic nitrogens is 1. The van der Waals surface area contributed by atoms with Crippen LogP contribution in [0.15, 0.2) is 12.1 Å². The number of ether oxygens (including phenoxy) is 1. The molecule has 20 heavy (non-hydrogen) atoms. The number of anilines is 1. The van der Waals surface area contributed by atoms with E-state index in [0.29, 0.717) is 18.8 Å². The zero-order valence-electron chi connectivity index (χ0n) is 12.5. The lowest BCUT2D eigenvalue weighted by molar-refractivity contribution is 0.0889. The van der Waals surface area contributed by atoms with Crippen molar-refractivity contribution in [3.05, 3.63) is 23.4 Å². The Kier molecular flexibility index (Phi) is 4.60. The second kappa shape index (κ2) is 6.22. The molecule has 0 aliphatic carbocycles. The molecule has 0 spiro atoms. The van der Waals surface area contributed by atoms with Crippen molar-refractivity contribution in [2.24, 2.45) is 0 Å². The standard InChI is InChI=1S/C15H23N3O2/c1-4-5-12-8-11(9-13(16-3)17-12)14(19)18-15(2)6-7-20-10-15/h8-9H,4-7,10H2,1-3H3,(H,16,17)(H,18,19). The minimum Gasteiger partial charge on any atom is -0.379 e. The maximum Gasteiger partial charge on any atom is 0.251 e. The molecule has 2 heterocycles. The van der Waals surface area contributed by atoms with Crippen molar-refractivity contribution in [3.8, 4) is 0 Å². The number of rotatable bonds is 5. The number of amides is 1. The molecule has 1 atom stereocenters. The zero-order chi connectivity index (χ0) is 14.6. The van der Waals surface area contributed by atoms with Crippen molar-refractivity contribution in [2.75, 3.05) is 25.6 Å². The van der Waals surface area contributed by atoms with E-state index in [1.54, 1.807) is 6.07 Å². The van der Waals surface area contributed by atoms with Crippen molar-refractivity contribution in [1.82, 2.24) is 10.3 Å². The highest BCUT2D eigenvalue weighted by Crippen LogP contribution is 2.19. The molecule has 1 fully saturated rings. The van der Waals surface area contributed by atoms with E-state index >= 15 is 0 Å². The van der Waals surface area contributed by atoms with Gasteiger partial charge in [-0.2, -0.15) is 0 Å². The van der Waals surface area contributed by atoms with Crippen LogP contribution in [0.5, 0.6) is 0 Å². The Morgan fingerprint density at radius 2 is 2.30 bits per heavy atom. The van der Waals surface area contributed by atoms with Crippen LogP contribution in [0, 0.1) is 0 Å². The first-order valence-electron chi connectivity index (χ1n) is 7.15. The molecule has 1 amide bonds. The molecule has 1 aliphatic rings. The fourth-order valence-electron chi connectivity index (χ4n) is 2.34. The van der Waals surface area contributed by atoms with Gasteiger partial charge in [0, 0.05) is 24.9 Å². The largest absolute Gasteiger partial charge is 0.379 e. The van der Waals surface area contributed by atoms with E-state index in [1.807, 2.05) is 20.0 Å². The summed E-state index contributed by atoms with van der Waals surface area (Å²) in [5.41, 5.74) is 1.34. The van der Waals surface area contributed by atoms with Crippen LogP contribution in [0.3, 0.4) is 0 Å². The van der Waals surface area contributed by atoms with Crippen LogP contribution in [0.25, 0.3) is 0 Å². The molecule has 1 aliphatic heterocycles. The summed E-state index contributed by atoms with van der Waals surface area (Å²) in [6.07, 6.45) is 2.73. The summed E-state index contributed by atoms with van der Waals surface area (Å²) in [5.74, 6) is 0.670. The predicted octanol–water partition coefficient (Wildman–Crippen LogP) is 1.98. The molecule has 1 unspecified atom stereocenters. The van der Waals surface area contributed by atoms with Crippen LogP contribution in [0.2, 0.25) is 0 Å². The van der Waals surface area contributed by atoms with E-state index in [-0.39, 0.29) is 11.4 Å². The van der Waals surface area contributed by atoms with Gasteiger partial charge in [0.1, 0.15) is 5.82 Å². The predicted molar refractivity (Wildman–Crippen MR) is 79.1 cm³/mol. The van der Waals surface area contributed by atoms with E-state index in [9.17, 15) is 4.79 Å². The van der Waals surface area contributed by atoms with Gasteiger partial charge in [-0.05, 0) is 31.9 Å². The van der Waals surface area contributed by atoms with E-state index < -0.39 is 0 Å². The Morgan fingerprint density at radius 1 is 1.50 bits per heavy atom. The second-order valence-corrected chi connectivity index (χ2v) is 5.55. The first-order valence-corrected chi connectivity index (χ1v) is 7.15. The summed E-state index contributed by atoms with van der Waals surface area (Å²) in [7, 11) is 1.81. The molecule has 0 saturated carbocycles. The van der Waals surface area contributed by atoms with E-state index in [4.69, 9.17) is 4.74 Å². The Labute approximate surface area is 120 Å². The van der Waals surface area contributed by atoms with Gasteiger partial charge in [-0.15, -0.1) is 0 Å². The Balaban J connectivity index is 2.17. The quantitative estimate of drug-likeness (QED) is 0.864. The lowest BCUT2D eigenvalue weighted by Gasteiger charge is -2.23. The molecule has 5 nitrogen and oxygen atoms in total. The van der Waals surface area contributed by atoms with E-state index in [0.717, 1.165) is 30.8 Å². The van der Waals surface area contributed by atoms with Gasteiger partial charge in [-0.1, -0.05) is 13.3 Å². The summed E-state index contributed by atoms with van der Waals surface area (Å²) >= 11 is 0. The molecule has 110 valence electrons. The van der Waals surface area contributed by atoms with Gasteiger partial charge in [0.2, 0.25) is 0 Å². The van der Waals surface area contributed by atoms with Crippen LogP contribution in [0.1, 0.15) is 42.7 Å². The average Bonchev–Trinajstić information content (AvgIpc) is 2.85. The summed E-state index contributed by atoms with van der Waals surface area (Å²) in [5, 5.41) is 6.08. The van der Waals surface area contributed by atoms with Gasteiger partial charge >= 0.3 is 0 Å². The summed E-state index contributed by atoms with van der Waals surface area (Å²) < 4.78 is 5.36. The average molecular weight is 277 g/mol. The van der Waals surface area contributed by atoms with Crippen molar-refractivity contribution in [1.29, 1.82) is 0 Å². The molecule has 1 aromatic rings. The Hall–Kier alpha value is -1.62. The normalized spacial score (nSPS) is 21.8. The Morgan fingerprint density at radius 3 is 2.90 bits per heavy atom. The highest BCUT2D eigenvalue weighted by atomic mass is 16.5. The van der Waals surface area contributed by atoms with Crippen molar-refractivity contribution >= 4 is 11.7 Å². The molecule has 0 radical (unpaired) electrons. The summed E-state index contributed by atoms with van der Waals surface area (Å²) in [6, 6.07) is 3.66. The van der Waals surface area contributed by atoms with Crippen molar-refractivity contribution in [2.45, 2.75) is 38.6 Å². The smallest absolute Gasteiger partial charge is 0.251 e. The van der Waals surface area contributed by atoms with E-state index in [2.05, 4.69) is 22.5 Å². The minimum atomic E-state index is -0.259. The number of pyridine rings is 1. The number of carbonyl (C=O) groups excluding carboxylic acids is 1. The maximum atomic E-state index is 12.4. The fourth-order valence-corrected chi connectivity index (χ4v) is 2.34. The number of hydrogen-bond acceptors (Lipinski definition) is 4. The molecule has 0 bridgehead atoms. The van der Waals surface area contributed by atoms with Gasteiger partial charge in [0.15, 0.2) is 0 Å². The second-order valence-electron chi connectivity index (χ2n) is 5.55. The summed E-state index contributed by atoms with van der Waals surface area (Å²) in [6.45, 7) is 5.40. The SMILES string of the molecule is CCCc1cc(C(=O)NC2(C)CCOC2)cc(NC)n1. The third-order valence-corrected chi connectivity index (χ3v) is 3.54. The number of nitrogens with one attached hydrogen (secondary N) is 2. The van der Waals surface area contributed by atoms with Crippen LogP contribution in [-0.2, 0) is 11.2 Å². The third-order valence-electron chi connectivity index (χ3n) is 3.54. The Bertz CT molecular complexity index is 482. The molecular formula is C15H23N3O2. The fraction of sp³-hybridized carbons (Fsp3) is 0.600.